The number of aliphatic hydroxyl groups excluding tert-OH is 1. The van der Waals surface area contributed by atoms with E-state index in [2.05, 4.69) is 17.2 Å². The molecule has 108 valence electrons. The van der Waals surface area contributed by atoms with Gasteiger partial charge >= 0.3 is 0 Å². The van der Waals surface area contributed by atoms with Gasteiger partial charge in [-0.25, -0.2) is 0 Å². The van der Waals surface area contributed by atoms with Gasteiger partial charge in [-0.3, -0.25) is 4.79 Å². The van der Waals surface area contributed by atoms with Crippen LogP contribution >= 0.6 is 11.3 Å². The molecule has 0 aliphatic carbocycles. The Labute approximate surface area is 121 Å². The zero-order chi connectivity index (χ0) is 14.2. The first-order chi connectivity index (χ1) is 9.79. The fourth-order valence-corrected chi connectivity index (χ4v) is 2.44. The molecule has 1 saturated heterocycles. The summed E-state index contributed by atoms with van der Waals surface area (Å²) < 4.78 is 10.7. The largest absolute Gasteiger partial charge is 0.395 e. The highest BCUT2D eigenvalue weighted by Crippen LogP contribution is 2.13. The third-order valence-corrected chi connectivity index (χ3v) is 3.53. The Hall–Kier alpha value is -1.39. The number of thiophene rings is 1. The zero-order valence-electron chi connectivity index (χ0n) is 11.1. The van der Waals surface area contributed by atoms with E-state index in [-0.39, 0.29) is 18.6 Å². The van der Waals surface area contributed by atoms with Gasteiger partial charge in [0.2, 0.25) is 0 Å². The minimum absolute atomic E-state index is 0.0508. The predicted octanol–water partition coefficient (Wildman–Crippen LogP) is 0.627. The highest BCUT2D eigenvalue weighted by Gasteiger charge is 2.16. The van der Waals surface area contributed by atoms with Gasteiger partial charge in [0.1, 0.15) is 0 Å². The normalized spacial score (nSPS) is 18.1. The summed E-state index contributed by atoms with van der Waals surface area (Å²) in [7, 11) is 0. The summed E-state index contributed by atoms with van der Waals surface area (Å²) in [4.78, 5) is 12.8. The minimum Gasteiger partial charge on any atom is -0.395 e. The molecule has 1 amide bonds. The molecule has 0 radical (unpaired) electrons. The van der Waals surface area contributed by atoms with Crippen LogP contribution in [0.25, 0.3) is 0 Å². The molecule has 1 unspecified atom stereocenters. The molecular formula is C14H17NO4S. The molecule has 1 aromatic rings. The Morgan fingerprint density at radius 3 is 3.20 bits per heavy atom. The topological polar surface area (TPSA) is 67.8 Å². The molecule has 0 bridgehead atoms. The Morgan fingerprint density at radius 2 is 2.45 bits per heavy atom. The van der Waals surface area contributed by atoms with Gasteiger partial charge in [0, 0.05) is 18.3 Å². The molecule has 1 aliphatic rings. The highest BCUT2D eigenvalue weighted by atomic mass is 32.1. The molecule has 2 N–H and O–H groups in total. The van der Waals surface area contributed by atoms with Crippen LogP contribution in [0.2, 0.25) is 0 Å². The van der Waals surface area contributed by atoms with E-state index in [1.54, 1.807) is 11.4 Å². The SMILES string of the molecule is O=C(NCC1COCCO1)c1csc(C#CCCO)c1. The quantitative estimate of drug-likeness (QED) is 0.800. The summed E-state index contributed by atoms with van der Waals surface area (Å²) in [5, 5.41) is 13.2. The number of nitrogens with one attached hydrogen (secondary N) is 1. The van der Waals surface area contributed by atoms with Crippen LogP contribution in [-0.4, -0.2) is 50.1 Å². The van der Waals surface area contributed by atoms with Gasteiger partial charge in [-0.1, -0.05) is 11.8 Å². The number of ether oxygens (including phenoxy) is 2. The van der Waals surface area contributed by atoms with E-state index >= 15 is 0 Å². The van der Waals surface area contributed by atoms with E-state index in [0.717, 1.165) is 4.88 Å². The van der Waals surface area contributed by atoms with Gasteiger partial charge in [0.25, 0.3) is 5.91 Å². The maximum Gasteiger partial charge on any atom is 0.252 e. The summed E-state index contributed by atoms with van der Waals surface area (Å²) >= 11 is 1.42. The second kappa shape index (κ2) is 8.02. The van der Waals surface area contributed by atoms with Gasteiger partial charge in [0.05, 0.1) is 43.0 Å². The van der Waals surface area contributed by atoms with Crippen LogP contribution in [-0.2, 0) is 9.47 Å². The summed E-state index contributed by atoms with van der Waals surface area (Å²) in [6.45, 7) is 2.20. The van der Waals surface area contributed by atoms with Gasteiger partial charge < -0.3 is 19.9 Å². The minimum atomic E-state index is -0.134. The summed E-state index contributed by atoms with van der Waals surface area (Å²) in [5.74, 6) is 5.61. The monoisotopic (exact) mass is 295 g/mol. The maximum absolute atomic E-state index is 11.9. The van der Waals surface area contributed by atoms with Crippen molar-refractivity contribution in [2.24, 2.45) is 0 Å². The fraction of sp³-hybridized carbons (Fsp3) is 0.500. The number of hydrogen-bond acceptors (Lipinski definition) is 5. The van der Waals surface area contributed by atoms with Crippen LogP contribution in [0.3, 0.4) is 0 Å². The second-order valence-electron chi connectivity index (χ2n) is 4.25. The molecule has 1 aliphatic heterocycles. The van der Waals surface area contributed by atoms with Crippen molar-refractivity contribution >= 4 is 17.2 Å². The molecule has 1 atom stereocenters. The van der Waals surface area contributed by atoms with Gasteiger partial charge in [-0.15, -0.1) is 11.3 Å². The second-order valence-corrected chi connectivity index (χ2v) is 5.16. The molecule has 1 fully saturated rings. The number of amides is 1. The summed E-state index contributed by atoms with van der Waals surface area (Å²) in [5.41, 5.74) is 0.597. The number of aliphatic hydroxyl groups is 1. The third kappa shape index (κ3) is 4.62. The van der Waals surface area contributed by atoms with Crippen molar-refractivity contribution in [1.82, 2.24) is 5.32 Å². The van der Waals surface area contributed by atoms with Crippen molar-refractivity contribution in [3.63, 3.8) is 0 Å². The smallest absolute Gasteiger partial charge is 0.252 e. The van der Waals surface area contributed by atoms with Crippen LogP contribution in [0.5, 0.6) is 0 Å². The lowest BCUT2D eigenvalue weighted by Crippen LogP contribution is -2.39. The molecule has 20 heavy (non-hydrogen) atoms. The molecule has 2 rings (SSSR count). The molecule has 0 aromatic carbocycles. The van der Waals surface area contributed by atoms with Crippen molar-refractivity contribution in [2.45, 2.75) is 12.5 Å². The lowest BCUT2D eigenvalue weighted by Gasteiger charge is -2.22. The van der Waals surface area contributed by atoms with Crippen LogP contribution < -0.4 is 5.32 Å². The van der Waals surface area contributed by atoms with E-state index in [1.807, 2.05) is 0 Å². The Bertz CT molecular complexity index is 497. The number of rotatable bonds is 4. The van der Waals surface area contributed by atoms with E-state index in [1.165, 1.54) is 11.3 Å². The molecule has 1 aromatic heterocycles. The number of hydrogen-bond donors (Lipinski definition) is 2. The average Bonchev–Trinajstić information content (AvgIpc) is 2.95. The molecule has 2 heterocycles. The van der Waals surface area contributed by atoms with Gasteiger partial charge in [-0.05, 0) is 6.07 Å². The van der Waals surface area contributed by atoms with Crippen molar-refractivity contribution in [2.75, 3.05) is 33.0 Å². The lowest BCUT2D eigenvalue weighted by molar-refractivity contribution is -0.0855. The van der Waals surface area contributed by atoms with Crippen molar-refractivity contribution in [1.29, 1.82) is 0 Å². The molecule has 5 nitrogen and oxygen atoms in total. The first-order valence-electron chi connectivity index (χ1n) is 6.45. The standard InChI is InChI=1S/C14H17NO4S/c16-4-2-1-3-13-7-11(10-20-13)14(17)15-8-12-9-18-5-6-19-12/h7,10,12,16H,2,4-6,8-9H2,(H,15,17). The summed E-state index contributed by atoms with van der Waals surface area (Å²) in [6, 6.07) is 1.75. The first-order valence-corrected chi connectivity index (χ1v) is 7.33. The Morgan fingerprint density at radius 1 is 1.55 bits per heavy atom. The maximum atomic E-state index is 11.9. The van der Waals surface area contributed by atoms with E-state index in [9.17, 15) is 4.79 Å². The van der Waals surface area contributed by atoms with E-state index < -0.39 is 0 Å². The Kier molecular flexibility index (Phi) is 6.02. The number of carbonyl (C=O) groups is 1. The fourth-order valence-electron chi connectivity index (χ4n) is 1.69. The van der Waals surface area contributed by atoms with Crippen molar-refractivity contribution in [3.8, 4) is 11.8 Å². The lowest BCUT2D eigenvalue weighted by atomic mass is 10.2. The molecule has 6 heteroatoms. The third-order valence-electron chi connectivity index (χ3n) is 2.69. The molecule has 0 spiro atoms. The van der Waals surface area contributed by atoms with Crippen molar-refractivity contribution in [3.05, 3.63) is 21.9 Å². The van der Waals surface area contributed by atoms with Gasteiger partial charge in [-0.2, -0.15) is 0 Å². The summed E-state index contributed by atoms with van der Waals surface area (Å²) in [6.07, 6.45) is 0.369. The van der Waals surface area contributed by atoms with Crippen LogP contribution in [0.15, 0.2) is 11.4 Å². The average molecular weight is 295 g/mol. The molecular weight excluding hydrogens is 278 g/mol. The number of carbonyl (C=O) groups excluding carboxylic acids is 1. The van der Waals surface area contributed by atoms with Crippen LogP contribution in [0, 0.1) is 11.8 Å². The van der Waals surface area contributed by atoms with Gasteiger partial charge in [0.15, 0.2) is 0 Å². The first kappa shape index (κ1) is 15.0. The highest BCUT2D eigenvalue weighted by molar-refractivity contribution is 7.10. The molecule has 0 saturated carbocycles. The van der Waals surface area contributed by atoms with E-state index in [4.69, 9.17) is 14.6 Å². The predicted molar refractivity (Wildman–Crippen MR) is 75.8 cm³/mol. The Balaban J connectivity index is 1.81. The van der Waals surface area contributed by atoms with E-state index in [0.29, 0.717) is 38.3 Å². The zero-order valence-corrected chi connectivity index (χ0v) is 11.9. The van der Waals surface area contributed by atoms with Crippen LogP contribution in [0.4, 0.5) is 0 Å². The van der Waals surface area contributed by atoms with Crippen LogP contribution in [0.1, 0.15) is 21.7 Å². The van der Waals surface area contributed by atoms with Crippen molar-refractivity contribution < 1.29 is 19.4 Å².